The van der Waals surface area contributed by atoms with Gasteiger partial charge in [-0.15, -0.1) is 0 Å². The molecule has 2 aromatic carbocycles. The SMILES string of the molecule is CN(C)C=C1C(=O)NCc2ccc(Br)cc21.CN(C)C=C1C(=O)NCc2ccc(Br)cc21. The monoisotopic (exact) mass is 560 g/mol. The summed E-state index contributed by atoms with van der Waals surface area (Å²) in [4.78, 5) is 27.3. The highest BCUT2D eigenvalue weighted by Gasteiger charge is 2.22. The molecule has 0 aromatic heterocycles. The van der Waals surface area contributed by atoms with Crippen LogP contribution >= 0.6 is 31.9 Å². The maximum absolute atomic E-state index is 11.8. The molecule has 0 saturated heterocycles. The Morgan fingerprint density at radius 1 is 0.719 bits per heavy atom. The molecular weight excluding hydrogens is 536 g/mol. The molecule has 0 fully saturated rings. The maximum atomic E-state index is 11.8. The highest BCUT2D eigenvalue weighted by Crippen LogP contribution is 2.28. The van der Waals surface area contributed by atoms with Crippen LogP contribution in [-0.2, 0) is 22.7 Å². The van der Waals surface area contributed by atoms with E-state index in [2.05, 4.69) is 42.5 Å². The standard InChI is InChI=1S/2C12H13BrN2O/c2*1-15(2)7-11-10-5-9(13)4-3-8(10)6-14-12(11)16/h2*3-5,7H,6H2,1-2H3,(H,14,16). The van der Waals surface area contributed by atoms with Gasteiger partial charge in [0, 0.05) is 62.6 Å². The molecule has 2 aliphatic rings. The minimum Gasteiger partial charge on any atom is -0.383 e. The first-order chi connectivity index (χ1) is 15.2. The Bertz CT molecular complexity index is 1020. The lowest BCUT2D eigenvalue weighted by Crippen LogP contribution is -2.30. The van der Waals surface area contributed by atoms with Crippen LogP contribution in [0.4, 0.5) is 0 Å². The number of fused-ring (bicyclic) bond motifs is 2. The van der Waals surface area contributed by atoms with Gasteiger partial charge in [0.2, 0.25) is 0 Å². The fourth-order valence-corrected chi connectivity index (χ4v) is 4.19. The Morgan fingerprint density at radius 2 is 1.09 bits per heavy atom. The summed E-state index contributed by atoms with van der Waals surface area (Å²) >= 11 is 6.86. The van der Waals surface area contributed by atoms with Crippen LogP contribution in [0.2, 0.25) is 0 Å². The largest absolute Gasteiger partial charge is 0.383 e. The summed E-state index contributed by atoms with van der Waals surface area (Å²) in [5, 5.41) is 5.73. The van der Waals surface area contributed by atoms with E-state index in [1.807, 2.05) is 86.8 Å². The molecule has 8 heteroatoms. The van der Waals surface area contributed by atoms with Crippen molar-refractivity contribution in [3.05, 3.63) is 80.0 Å². The molecule has 168 valence electrons. The van der Waals surface area contributed by atoms with Gasteiger partial charge in [-0.3, -0.25) is 9.59 Å². The smallest absolute Gasteiger partial charge is 0.253 e. The van der Waals surface area contributed by atoms with Crippen LogP contribution in [0.1, 0.15) is 22.3 Å². The zero-order valence-electron chi connectivity index (χ0n) is 18.5. The van der Waals surface area contributed by atoms with Gasteiger partial charge in [-0.1, -0.05) is 44.0 Å². The van der Waals surface area contributed by atoms with Crippen molar-refractivity contribution in [3.8, 4) is 0 Å². The van der Waals surface area contributed by atoms with Gasteiger partial charge in [-0.2, -0.15) is 0 Å². The van der Waals surface area contributed by atoms with Crippen molar-refractivity contribution in [2.75, 3.05) is 28.2 Å². The molecule has 4 rings (SSSR count). The summed E-state index contributed by atoms with van der Waals surface area (Å²) in [5.74, 6) is -0.0291. The lowest BCUT2D eigenvalue weighted by molar-refractivity contribution is -0.116. The molecule has 0 aliphatic carbocycles. The van der Waals surface area contributed by atoms with Crippen molar-refractivity contribution in [1.29, 1.82) is 0 Å². The van der Waals surface area contributed by atoms with Gasteiger partial charge in [0.15, 0.2) is 0 Å². The molecule has 2 aliphatic heterocycles. The van der Waals surface area contributed by atoms with Crippen LogP contribution in [0.25, 0.3) is 11.1 Å². The number of nitrogens with zero attached hydrogens (tertiary/aromatic N) is 2. The second kappa shape index (κ2) is 10.4. The third-order valence-corrected chi connectivity index (χ3v) is 5.85. The van der Waals surface area contributed by atoms with Crippen molar-refractivity contribution in [2.24, 2.45) is 0 Å². The third-order valence-electron chi connectivity index (χ3n) is 4.87. The first-order valence-electron chi connectivity index (χ1n) is 10.1. The second-order valence-electron chi connectivity index (χ2n) is 7.98. The number of hydrogen-bond acceptors (Lipinski definition) is 4. The van der Waals surface area contributed by atoms with E-state index in [1.54, 1.807) is 0 Å². The average Bonchev–Trinajstić information content (AvgIpc) is 2.72. The van der Waals surface area contributed by atoms with E-state index in [0.29, 0.717) is 24.2 Å². The highest BCUT2D eigenvalue weighted by molar-refractivity contribution is 9.10. The quantitative estimate of drug-likeness (QED) is 0.545. The van der Waals surface area contributed by atoms with Gasteiger partial charge in [0.25, 0.3) is 11.8 Å². The van der Waals surface area contributed by atoms with Gasteiger partial charge in [-0.25, -0.2) is 0 Å². The predicted octanol–water partition coefficient (Wildman–Crippen LogP) is 3.96. The van der Waals surface area contributed by atoms with Crippen molar-refractivity contribution < 1.29 is 9.59 Å². The van der Waals surface area contributed by atoms with Gasteiger partial charge in [0.05, 0.1) is 11.1 Å². The van der Waals surface area contributed by atoms with E-state index in [4.69, 9.17) is 0 Å². The van der Waals surface area contributed by atoms with E-state index >= 15 is 0 Å². The third kappa shape index (κ3) is 5.81. The Morgan fingerprint density at radius 3 is 1.44 bits per heavy atom. The Labute approximate surface area is 205 Å². The van der Waals surface area contributed by atoms with E-state index in [-0.39, 0.29) is 11.8 Å². The summed E-state index contributed by atoms with van der Waals surface area (Å²) in [6, 6.07) is 12.0. The molecule has 32 heavy (non-hydrogen) atoms. The van der Waals surface area contributed by atoms with Crippen LogP contribution < -0.4 is 10.6 Å². The first kappa shape index (κ1) is 24.1. The predicted molar refractivity (Wildman–Crippen MR) is 135 cm³/mol. The van der Waals surface area contributed by atoms with E-state index < -0.39 is 0 Å². The number of hydrogen-bond donors (Lipinski definition) is 2. The van der Waals surface area contributed by atoms with E-state index in [9.17, 15) is 9.59 Å². The van der Waals surface area contributed by atoms with Crippen LogP contribution in [0, 0.1) is 0 Å². The minimum atomic E-state index is -0.0145. The molecule has 2 N–H and O–H groups in total. The number of nitrogens with one attached hydrogen (secondary N) is 2. The van der Waals surface area contributed by atoms with Crippen molar-refractivity contribution in [2.45, 2.75) is 13.1 Å². The number of benzene rings is 2. The van der Waals surface area contributed by atoms with Crippen LogP contribution in [-0.4, -0.2) is 49.8 Å². The topological polar surface area (TPSA) is 64.7 Å². The fourth-order valence-electron chi connectivity index (χ4n) is 3.47. The number of carbonyl (C=O) groups is 2. The van der Waals surface area contributed by atoms with Gasteiger partial charge in [-0.05, 0) is 46.5 Å². The number of rotatable bonds is 2. The van der Waals surface area contributed by atoms with Crippen molar-refractivity contribution in [3.63, 3.8) is 0 Å². The number of halogens is 2. The molecule has 0 spiro atoms. The Hall–Kier alpha value is -2.58. The Balaban J connectivity index is 0.000000181. The Kier molecular flexibility index (Phi) is 7.79. The fraction of sp³-hybridized carbons (Fsp3) is 0.250. The first-order valence-corrected chi connectivity index (χ1v) is 11.6. The zero-order chi connectivity index (χ0) is 23.4. The van der Waals surface area contributed by atoms with E-state index in [0.717, 1.165) is 31.2 Å². The van der Waals surface area contributed by atoms with Gasteiger partial charge < -0.3 is 20.4 Å². The molecule has 2 heterocycles. The summed E-state index contributed by atoms with van der Waals surface area (Å²) in [6.45, 7) is 1.21. The lowest BCUT2D eigenvalue weighted by atomic mass is 9.96. The molecule has 6 nitrogen and oxygen atoms in total. The van der Waals surface area contributed by atoms with Gasteiger partial charge in [0.1, 0.15) is 0 Å². The number of amides is 2. The van der Waals surface area contributed by atoms with Crippen LogP contribution in [0.5, 0.6) is 0 Å². The van der Waals surface area contributed by atoms with E-state index in [1.165, 1.54) is 0 Å². The normalized spacial score (nSPS) is 16.9. The van der Waals surface area contributed by atoms with Crippen molar-refractivity contribution in [1.82, 2.24) is 20.4 Å². The molecule has 0 atom stereocenters. The lowest BCUT2D eigenvalue weighted by Gasteiger charge is -2.21. The highest BCUT2D eigenvalue weighted by atomic mass is 79.9. The molecule has 2 amide bonds. The summed E-state index contributed by atoms with van der Waals surface area (Å²) in [7, 11) is 7.64. The maximum Gasteiger partial charge on any atom is 0.253 e. The van der Waals surface area contributed by atoms with Gasteiger partial charge >= 0.3 is 0 Å². The molecule has 2 aromatic rings. The molecule has 0 radical (unpaired) electrons. The minimum absolute atomic E-state index is 0.0145. The molecule has 0 unspecified atom stereocenters. The van der Waals surface area contributed by atoms with Crippen LogP contribution in [0.3, 0.4) is 0 Å². The molecule has 0 bridgehead atoms. The summed E-state index contributed by atoms with van der Waals surface area (Å²) in [6.07, 6.45) is 3.69. The summed E-state index contributed by atoms with van der Waals surface area (Å²) < 4.78 is 1.98. The number of carbonyl (C=O) groups excluding carboxylic acids is 2. The second-order valence-corrected chi connectivity index (χ2v) is 9.81. The zero-order valence-corrected chi connectivity index (χ0v) is 21.7. The van der Waals surface area contributed by atoms with Crippen LogP contribution in [0.15, 0.2) is 57.7 Å². The molecular formula is C24H26Br2N4O2. The molecule has 0 saturated carbocycles. The summed E-state index contributed by atoms with van der Waals surface area (Å²) in [5.41, 5.74) is 5.74. The average molecular weight is 562 g/mol. The van der Waals surface area contributed by atoms with Crippen molar-refractivity contribution >= 4 is 54.8 Å².